The van der Waals surface area contributed by atoms with E-state index in [1.54, 1.807) is 34.6 Å². The standard InChI is InChI=1S/C15H26F3N5O3/c1-12(2,3)11(24)19-26-23-10-22(20-21-23)13(4,5)8-9-14(6,7)25-15(16,17)18/h10H,8-9H2,1-7H3/p+1. The molecule has 0 saturated heterocycles. The van der Waals surface area contributed by atoms with Gasteiger partial charge >= 0.3 is 6.36 Å². The van der Waals surface area contributed by atoms with Crippen LogP contribution >= 0.6 is 0 Å². The predicted molar refractivity (Wildman–Crippen MR) is 84.2 cm³/mol. The lowest BCUT2D eigenvalue weighted by molar-refractivity contribution is -0.811. The first kappa shape index (κ1) is 22.1. The van der Waals surface area contributed by atoms with E-state index in [9.17, 15) is 18.0 Å². The fourth-order valence-corrected chi connectivity index (χ4v) is 1.87. The van der Waals surface area contributed by atoms with Crippen LogP contribution in [0.4, 0.5) is 13.2 Å². The van der Waals surface area contributed by atoms with Crippen LogP contribution in [0, 0.1) is 5.41 Å². The van der Waals surface area contributed by atoms with Crippen molar-refractivity contribution < 1.29 is 32.3 Å². The van der Waals surface area contributed by atoms with E-state index >= 15 is 0 Å². The van der Waals surface area contributed by atoms with Crippen molar-refractivity contribution in [1.82, 2.24) is 20.8 Å². The lowest BCUT2D eigenvalue weighted by Gasteiger charge is -2.29. The van der Waals surface area contributed by atoms with Crippen LogP contribution in [0.25, 0.3) is 0 Å². The van der Waals surface area contributed by atoms with E-state index in [1.807, 2.05) is 0 Å². The average Bonchev–Trinajstić information content (AvgIpc) is 2.89. The zero-order valence-corrected chi connectivity index (χ0v) is 16.1. The van der Waals surface area contributed by atoms with Crippen molar-refractivity contribution in [3.63, 3.8) is 0 Å². The Morgan fingerprint density at radius 3 is 2.19 bits per heavy atom. The Bertz CT molecular complexity index is 621. The molecule has 1 amide bonds. The van der Waals surface area contributed by atoms with Gasteiger partial charge in [0.25, 0.3) is 12.2 Å². The van der Waals surface area contributed by atoms with E-state index < -0.39 is 22.9 Å². The van der Waals surface area contributed by atoms with Crippen molar-refractivity contribution in [2.24, 2.45) is 5.41 Å². The van der Waals surface area contributed by atoms with Gasteiger partial charge in [-0.2, -0.15) is 4.94 Å². The fourth-order valence-electron chi connectivity index (χ4n) is 1.87. The van der Waals surface area contributed by atoms with Gasteiger partial charge in [0.15, 0.2) is 0 Å². The van der Waals surface area contributed by atoms with Crippen LogP contribution in [0.3, 0.4) is 0 Å². The first-order chi connectivity index (χ1) is 11.5. The molecule has 26 heavy (non-hydrogen) atoms. The molecular formula is C15H27F3N5O3+. The molecule has 1 rings (SSSR count). The molecule has 0 spiro atoms. The van der Waals surface area contributed by atoms with E-state index in [0.29, 0.717) is 6.42 Å². The third-order valence-corrected chi connectivity index (χ3v) is 3.70. The summed E-state index contributed by atoms with van der Waals surface area (Å²) < 4.78 is 42.9. The predicted octanol–water partition coefficient (Wildman–Crippen LogP) is 1.90. The highest BCUT2D eigenvalue weighted by Gasteiger charge is 2.39. The maximum atomic E-state index is 12.4. The molecule has 0 saturated carbocycles. The summed E-state index contributed by atoms with van der Waals surface area (Å²) >= 11 is 0. The van der Waals surface area contributed by atoms with Gasteiger partial charge in [0.2, 0.25) is 5.21 Å². The summed E-state index contributed by atoms with van der Waals surface area (Å²) in [5.74, 6) is -0.343. The molecule has 8 nitrogen and oxygen atoms in total. The van der Waals surface area contributed by atoms with Crippen molar-refractivity contribution in [2.75, 3.05) is 0 Å². The molecule has 150 valence electrons. The van der Waals surface area contributed by atoms with Crippen molar-refractivity contribution in [2.45, 2.75) is 78.8 Å². The zero-order valence-electron chi connectivity index (χ0n) is 16.1. The van der Waals surface area contributed by atoms with Gasteiger partial charge in [-0.1, -0.05) is 20.8 Å². The van der Waals surface area contributed by atoms with Gasteiger partial charge in [-0.15, -0.1) is 23.3 Å². The lowest BCUT2D eigenvalue weighted by atomic mass is 9.91. The Balaban J connectivity index is 2.68. The molecule has 0 atom stereocenters. The topological polar surface area (TPSA) is 82.2 Å². The number of amides is 1. The minimum Gasteiger partial charge on any atom is -0.286 e. The van der Waals surface area contributed by atoms with Crippen LogP contribution in [0.1, 0.15) is 61.3 Å². The number of carbonyl (C=O) groups excluding carboxylic acids is 1. The second kappa shape index (κ2) is 7.37. The summed E-state index contributed by atoms with van der Waals surface area (Å²) in [6.07, 6.45) is -2.82. The third-order valence-electron chi connectivity index (χ3n) is 3.70. The van der Waals surface area contributed by atoms with Crippen LogP contribution < -0.4 is 15.1 Å². The number of aromatic nitrogens is 4. The second-order valence-corrected chi connectivity index (χ2v) is 8.33. The minimum atomic E-state index is -4.69. The van der Waals surface area contributed by atoms with Gasteiger partial charge in [0, 0.05) is 5.41 Å². The Labute approximate surface area is 150 Å². The van der Waals surface area contributed by atoms with Crippen LogP contribution in [0.5, 0.6) is 0 Å². The number of ether oxygens (including phenoxy) is 1. The van der Waals surface area contributed by atoms with Gasteiger partial charge in [0.1, 0.15) is 15.6 Å². The number of nitrogens with zero attached hydrogens (tertiary/aromatic N) is 4. The summed E-state index contributed by atoms with van der Waals surface area (Å²) in [4.78, 5) is 17.8. The summed E-state index contributed by atoms with van der Waals surface area (Å²) in [5.41, 5.74) is -0.413. The quantitative estimate of drug-likeness (QED) is 0.575. The summed E-state index contributed by atoms with van der Waals surface area (Å²) in [6, 6.07) is 0. The van der Waals surface area contributed by atoms with E-state index in [0.717, 1.165) is 4.85 Å². The molecule has 0 unspecified atom stereocenters. The number of tetrazole rings is 1. The molecular weight excluding hydrogens is 355 g/mol. The highest BCUT2D eigenvalue weighted by Crippen LogP contribution is 2.30. The van der Waals surface area contributed by atoms with Crippen molar-refractivity contribution >= 4 is 5.91 Å². The van der Waals surface area contributed by atoms with Gasteiger partial charge < -0.3 is 0 Å². The monoisotopic (exact) mass is 382 g/mol. The van der Waals surface area contributed by atoms with Crippen LogP contribution in [-0.4, -0.2) is 33.1 Å². The highest BCUT2D eigenvalue weighted by atomic mass is 19.4. The van der Waals surface area contributed by atoms with Crippen molar-refractivity contribution in [1.29, 1.82) is 0 Å². The third kappa shape index (κ3) is 7.14. The average molecular weight is 382 g/mol. The molecule has 0 aliphatic rings. The first-order valence-corrected chi connectivity index (χ1v) is 8.11. The number of rotatable bonds is 7. The normalized spacial score (nSPS) is 13.6. The molecule has 1 N–H and O–H groups in total. The van der Waals surface area contributed by atoms with Crippen LogP contribution in [-0.2, 0) is 15.1 Å². The van der Waals surface area contributed by atoms with Gasteiger partial charge in [0.05, 0.1) is 5.60 Å². The highest BCUT2D eigenvalue weighted by molar-refractivity contribution is 5.80. The van der Waals surface area contributed by atoms with E-state index in [1.165, 1.54) is 24.9 Å². The van der Waals surface area contributed by atoms with Gasteiger partial charge in [-0.25, -0.2) is 0 Å². The molecule has 11 heteroatoms. The smallest absolute Gasteiger partial charge is 0.286 e. The molecule has 0 bridgehead atoms. The van der Waals surface area contributed by atoms with E-state index in [-0.39, 0.29) is 12.3 Å². The maximum Gasteiger partial charge on any atom is 0.523 e. The summed E-state index contributed by atoms with van der Waals surface area (Å²) in [7, 11) is 0. The van der Waals surface area contributed by atoms with E-state index in [2.05, 4.69) is 20.6 Å². The summed E-state index contributed by atoms with van der Waals surface area (Å²) in [6.45, 7) is 11.5. The number of carbonyl (C=O) groups is 1. The molecule has 1 heterocycles. The molecule has 1 aromatic rings. The first-order valence-electron chi connectivity index (χ1n) is 8.11. The SMILES string of the molecule is CC(C)(CCC(C)(C)[n+]1cn(ONC(=O)C(C)(C)C)nn1)OC(F)(F)F. The fraction of sp³-hybridized carbons (Fsp3) is 0.867. The summed E-state index contributed by atoms with van der Waals surface area (Å²) in [5, 5.41) is 7.62. The number of hydroxylamine groups is 1. The van der Waals surface area contributed by atoms with Crippen LogP contribution in [0.15, 0.2) is 6.33 Å². The number of hydrogen-bond donors (Lipinski definition) is 1. The van der Waals surface area contributed by atoms with Crippen molar-refractivity contribution in [3.8, 4) is 0 Å². The van der Waals surface area contributed by atoms with E-state index in [4.69, 9.17) is 4.94 Å². The number of nitrogens with one attached hydrogen (secondary N) is 1. The molecule has 0 radical (unpaired) electrons. The maximum absolute atomic E-state index is 12.4. The number of halogens is 3. The molecule has 1 aromatic heterocycles. The van der Waals surface area contributed by atoms with Crippen LogP contribution in [0.2, 0.25) is 0 Å². The lowest BCUT2D eigenvalue weighted by Crippen LogP contribution is -2.54. The number of hydrogen-bond acceptors (Lipinski definition) is 5. The second-order valence-electron chi connectivity index (χ2n) is 8.33. The Morgan fingerprint density at radius 1 is 1.12 bits per heavy atom. The Morgan fingerprint density at radius 2 is 1.69 bits per heavy atom. The largest absolute Gasteiger partial charge is 0.523 e. The molecule has 0 aliphatic carbocycles. The molecule has 0 aliphatic heterocycles. The molecule has 0 aromatic carbocycles. The number of alkyl halides is 3. The Kier molecular flexibility index (Phi) is 6.28. The van der Waals surface area contributed by atoms with Gasteiger partial charge in [-0.05, 0) is 40.5 Å². The van der Waals surface area contributed by atoms with Gasteiger partial charge in [-0.3, -0.25) is 9.53 Å². The van der Waals surface area contributed by atoms with Crippen molar-refractivity contribution in [3.05, 3.63) is 6.33 Å². The Hall–Kier alpha value is -1.91. The zero-order chi connectivity index (χ0) is 20.4. The molecule has 0 fully saturated rings. The minimum absolute atomic E-state index is 0.140.